The van der Waals surface area contributed by atoms with Crippen LogP contribution < -0.4 is 4.74 Å². The van der Waals surface area contributed by atoms with Gasteiger partial charge in [-0.1, -0.05) is 6.92 Å². The summed E-state index contributed by atoms with van der Waals surface area (Å²) in [5.41, 5.74) is 2.55. The number of likely N-dealkylation sites (N-methyl/N-ethyl adjacent to an activating group) is 1. The van der Waals surface area contributed by atoms with Gasteiger partial charge >= 0.3 is 0 Å². The van der Waals surface area contributed by atoms with Gasteiger partial charge in [-0.05, 0) is 43.1 Å². The van der Waals surface area contributed by atoms with Crippen molar-refractivity contribution in [1.29, 1.82) is 0 Å². The number of hydrogen-bond donors (Lipinski definition) is 1. The van der Waals surface area contributed by atoms with Crippen LogP contribution in [0.4, 0.5) is 0 Å². The summed E-state index contributed by atoms with van der Waals surface area (Å²) < 4.78 is 5.17. The van der Waals surface area contributed by atoms with E-state index >= 15 is 0 Å². The van der Waals surface area contributed by atoms with Gasteiger partial charge in [0.05, 0.1) is 7.11 Å². The van der Waals surface area contributed by atoms with Crippen LogP contribution in [0.5, 0.6) is 11.5 Å². The lowest BCUT2D eigenvalue weighted by atomic mass is 9.91. The third kappa shape index (κ3) is 1.76. The molecule has 0 radical (unpaired) electrons. The van der Waals surface area contributed by atoms with Crippen molar-refractivity contribution in [2.24, 2.45) is 0 Å². The predicted molar refractivity (Wildman–Crippen MR) is 64.0 cm³/mol. The molecule has 1 heterocycles. The monoisotopic (exact) mass is 221 g/mol. The first-order valence-electron chi connectivity index (χ1n) is 5.77. The number of fused-ring (bicyclic) bond motifs is 1. The van der Waals surface area contributed by atoms with E-state index in [1.807, 2.05) is 12.1 Å². The molecule has 88 valence electrons. The minimum Gasteiger partial charge on any atom is -0.504 e. The normalized spacial score (nSPS) is 20.6. The van der Waals surface area contributed by atoms with Crippen LogP contribution in [0.1, 0.15) is 30.5 Å². The quantitative estimate of drug-likeness (QED) is 0.832. The van der Waals surface area contributed by atoms with Gasteiger partial charge in [-0.25, -0.2) is 0 Å². The minimum atomic E-state index is 0.251. The largest absolute Gasteiger partial charge is 0.504 e. The fourth-order valence-electron chi connectivity index (χ4n) is 2.54. The third-order valence-corrected chi connectivity index (χ3v) is 3.45. The second-order valence-corrected chi connectivity index (χ2v) is 4.38. The van der Waals surface area contributed by atoms with Gasteiger partial charge in [-0.15, -0.1) is 0 Å². The van der Waals surface area contributed by atoms with Crippen molar-refractivity contribution < 1.29 is 9.84 Å². The average Bonchev–Trinajstić information content (AvgIpc) is 2.28. The third-order valence-electron chi connectivity index (χ3n) is 3.45. The molecule has 3 nitrogen and oxygen atoms in total. The average molecular weight is 221 g/mol. The minimum absolute atomic E-state index is 0.251. The molecule has 16 heavy (non-hydrogen) atoms. The Balaban J connectivity index is 2.48. The lowest BCUT2D eigenvalue weighted by Crippen LogP contribution is -2.31. The molecule has 0 saturated heterocycles. The number of nitrogens with zero attached hydrogens (tertiary/aromatic N) is 1. The number of rotatable bonds is 2. The molecule has 0 unspecified atom stereocenters. The van der Waals surface area contributed by atoms with Crippen LogP contribution in [-0.4, -0.2) is 30.7 Å². The summed E-state index contributed by atoms with van der Waals surface area (Å²) in [5, 5.41) is 9.75. The molecule has 3 heteroatoms. The Bertz CT molecular complexity index is 390. The molecule has 1 aromatic rings. The highest BCUT2D eigenvalue weighted by Crippen LogP contribution is 2.37. The van der Waals surface area contributed by atoms with Crippen molar-refractivity contribution in [3.05, 3.63) is 23.3 Å². The van der Waals surface area contributed by atoms with E-state index in [1.54, 1.807) is 7.11 Å². The predicted octanol–water partition coefficient (Wildman–Crippen LogP) is 2.34. The highest BCUT2D eigenvalue weighted by Gasteiger charge is 2.24. The van der Waals surface area contributed by atoms with Crippen LogP contribution in [0.3, 0.4) is 0 Å². The molecule has 0 spiro atoms. The maximum Gasteiger partial charge on any atom is 0.160 e. The highest BCUT2D eigenvalue weighted by atomic mass is 16.5. The van der Waals surface area contributed by atoms with E-state index in [-0.39, 0.29) is 5.75 Å². The molecule has 0 aliphatic carbocycles. The molecule has 2 rings (SSSR count). The number of phenolic OH excluding ortho intramolecular Hbond substituents is 1. The number of methoxy groups -OCH3 is 1. The number of hydrogen-bond acceptors (Lipinski definition) is 3. The zero-order valence-electron chi connectivity index (χ0n) is 10.2. The van der Waals surface area contributed by atoms with E-state index in [2.05, 4.69) is 18.9 Å². The molecule has 0 saturated carbocycles. The first-order chi connectivity index (χ1) is 7.67. The summed E-state index contributed by atoms with van der Waals surface area (Å²) in [6, 6.07) is 4.27. The van der Waals surface area contributed by atoms with Crippen molar-refractivity contribution in [3.63, 3.8) is 0 Å². The summed E-state index contributed by atoms with van der Waals surface area (Å²) in [6.07, 6.45) is 2.08. The maximum absolute atomic E-state index is 9.75. The van der Waals surface area contributed by atoms with Crippen LogP contribution in [0.25, 0.3) is 0 Å². The van der Waals surface area contributed by atoms with Crippen LogP contribution >= 0.6 is 0 Å². The fraction of sp³-hybridized carbons (Fsp3) is 0.538. The maximum atomic E-state index is 9.75. The topological polar surface area (TPSA) is 32.7 Å². The molecule has 1 atom stereocenters. The number of phenols is 1. The molecule has 0 amide bonds. The van der Waals surface area contributed by atoms with E-state index in [4.69, 9.17) is 4.74 Å². The Morgan fingerprint density at radius 3 is 2.88 bits per heavy atom. The lowest BCUT2D eigenvalue weighted by molar-refractivity contribution is 0.224. The Morgan fingerprint density at radius 1 is 1.50 bits per heavy atom. The van der Waals surface area contributed by atoms with Crippen molar-refractivity contribution in [2.45, 2.75) is 25.8 Å². The van der Waals surface area contributed by atoms with Crippen LogP contribution in [0.2, 0.25) is 0 Å². The van der Waals surface area contributed by atoms with Crippen LogP contribution in [0.15, 0.2) is 12.1 Å². The van der Waals surface area contributed by atoms with Gasteiger partial charge in [0.25, 0.3) is 0 Å². The van der Waals surface area contributed by atoms with Crippen LogP contribution in [0, 0.1) is 0 Å². The van der Waals surface area contributed by atoms with Crippen molar-refractivity contribution in [2.75, 3.05) is 20.7 Å². The summed E-state index contributed by atoms with van der Waals surface area (Å²) in [7, 11) is 3.74. The van der Waals surface area contributed by atoms with Gasteiger partial charge in [0.1, 0.15) is 0 Å². The van der Waals surface area contributed by atoms with E-state index in [9.17, 15) is 5.11 Å². The Morgan fingerprint density at radius 2 is 2.25 bits per heavy atom. The van der Waals surface area contributed by atoms with Gasteiger partial charge in [0.15, 0.2) is 11.5 Å². The van der Waals surface area contributed by atoms with E-state index in [1.165, 1.54) is 11.1 Å². The van der Waals surface area contributed by atoms with E-state index < -0.39 is 0 Å². The lowest BCUT2D eigenvalue weighted by Gasteiger charge is -2.34. The molecule has 1 aliphatic heterocycles. The standard InChI is InChI=1S/C13H19NO2/c1-4-11-10-8-13(16-3)12(15)7-9(10)5-6-14(11)2/h7-8,11,15H,4-6H2,1-3H3/t11-/m1/s1. The molecule has 1 aliphatic rings. The van der Waals surface area contributed by atoms with Crippen molar-refractivity contribution in [1.82, 2.24) is 4.90 Å². The Hall–Kier alpha value is -1.22. The smallest absolute Gasteiger partial charge is 0.160 e. The second kappa shape index (κ2) is 4.34. The summed E-state index contributed by atoms with van der Waals surface area (Å²) in [6.45, 7) is 3.24. The first-order valence-corrected chi connectivity index (χ1v) is 5.77. The molecule has 1 aromatic carbocycles. The molecular formula is C13H19NO2. The summed E-state index contributed by atoms with van der Waals surface area (Å²) in [4.78, 5) is 2.36. The number of aromatic hydroxyl groups is 1. The SMILES string of the molecule is CC[C@@H]1c2cc(OC)c(O)cc2CCN1C. The second-order valence-electron chi connectivity index (χ2n) is 4.38. The summed E-state index contributed by atoms with van der Waals surface area (Å²) in [5.74, 6) is 0.827. The highest BCUT2D eigenvalue weighted by molar-refractivity contribution is 5.48. The zero-order valence-corrected chi connectivity index (χ0v) is 10.2. The van der Waals surface area contributed by atoms with E-state index in [0.717, 1.165) is 19.4 Å². The van der Waals surface area contributed by atoms with Gasteiger partial charge < -0.3 is 9.84 Å². The van der Waals surface area contributed by atoms with Gasteiger partial charge in [0, 0.05) is 12.6 Å². The summed E-state index contributed by atoms with van der Waals surface area (Å²) >= 11 is 0. The van der Waals surface area contributed by atoms with Gasteiger partial charge in [-0.3, -0.25) is 4.90 Å². The molecule has 0 fully saturated rings. The number of benzene rings is 1. The molecule has 0 aromatic heterocycles. The Labute approximate surface area is 96.6 Å². The van der Waals surface area contributed by atoms with Crippen LogP contribution in [-0.2, 0) is 6.42 Å². The first kappa shape index (κ1) is 11.3. The van der Waals surface area contributed by atoms with E-state index in [0.29, 0.717) is 11.8 Å². The van der Waals surface area contributed by atoms with Crippen molar-refractivity contribution >= 4 is 0 Å². The van der Waals surface area contributed by atoms with Gasteiger partial charge in [0.2, 0.25) is 0 Å². The molecule has 1 N–H and O–H groups in total. The molecular weight excluding hydrogens is 202 g/mol. The molecule has 0 bridgehead atoms. The zero-order chi connectivity index (χ0) is 11.7. The fourth-order valence-corrected chi connectivity index (χ4v) is 2.54. The van der Waals surface area contributed by atoms with Crippen molar-refractivity contribution in [3.8, 4) is 11.5 Å². The van der Waals surface area contributed by atoms with Gasteiger partial charge in [-0.2, -0.15) is 0 Å². The Kier molecular flexibility index (Phi) is 3.06. The number of ether oxygens (including phenoxy) is 1.